The van der Waals surface area contributed by atoms with Gasteiger partial charge in [-0.15, -0.1) is 10.2 Å². The van der Waals surface area contributed by atoms with Gasteiger partial charge in [-0.1, -0.05) is 60.5 Å². The van der Waals surface area contributed by atoms with E-state index in [1.807, 2.05) is 62.4 Å². The molecule has 0 aliphatic heterocycles. The van der Waals surface area contributed by atoms with Crippen LogP contribution in [0.25, 0.3) is 17.5 Å². The summed E-state index contributed by atoms with van der Waals surface area (Å²) in [7, 11) is 0. The molecule has 0 N–H and O–H groups in total. The van der Waals surface area contributed by atoms with Gasteiger partial charge in [-0.05, 0) is 37.1 Å². The van der Waals surface area contributed by atoms with Gasteiger partial charge < -0.3 is 9.32 Å². The van der Waals surface area contributed by atoms with Crippen molar-refractivity contribution >= 4 is 23.6 Å². The Bertz CT molecular complexity index is 981. The van der Waals surface area contributed by atoms with Gasteiger partial charge in [0.15, 0.2) is 0 Å². The predicted octanol–water partition coefficient (Wildman–Crippen LogP) is 5.15. The molecule has 0 atom stereocenters. The van der Waals surface area contributed by atoms with Gasteiger partial charge in [-0.25, -0.2) is 0 Å². The summed E-state index contributed by atoms with van der Waals surface area (Å²) < 4.78 is 5.73. The van der Waals surface area contributed by atoms with Gasteiger partial charge in [-0.3, -0.25) is 4.79 Å². The van der Waals surface area contributed by atoms with Crippen molar-refractivity contribution in [3.8, 4) is 11.5 Å². The second-order valence-electron chi connectivity index (χ2n) is 6.49. The molecule has 1 amide bonds. The summed E-state index contributed by atoms with van der Waals surface area (Å²) >= 11 is 6.18. The Kier molecular flexibility index (Phi) is 6.61. The molecule has 0 aliphatic carbocycles. The fraction of sp³-hybridized carbons (Fsp3) is 0.227. The van der Waals surface area contributed by atoms with Crippen molar-refractivity contribution in [1.29, 1.82) is 0 Å². The number of aromatic nitrogens is 2. The van der Waals surface area contributed by atoms with Crippen LogP contribution in [0.4, 0.5) is 0 Å². The third-order valence-electron chi connectivity index (χ3n) is 4.16. The van der Waals surface area contributed by atoms with Crippen molar-refractivity contribution in [1.82, 2.24) is 15.1 Å². The van der Waals surface area contributed by atoms with Gasteiger partial charge in [0.05, 0.1) is 17.1 Å². The van der Waals surface area contributed by atoms with Gasteiger partial charge in [0.25, 0.3) is 0 Å². The standard InChI is InChI=1S/C22H22ClN3O2/c1-3-13-26(21(27)12-11-17-8-6-7-16(2)14-17)15-20-24-25-22(28-20)18-9-4-5-10-19(18)23/h4-12,14H,3,13,15H2,1-2H3/b12-11+. The van der Waals surface area contributed by atoms with E-state index in [0.29, 0.717) is 28.9 Å². The van der Waals surface area contributed by atoms with E-state index >= 15 is 0 Å². The summed E-state index contributed by atoms with van der Waals surface area (Å²) in [4.78, 5) is 14.3. The smallest absolute Gasteiger partial charge is 0.249 e. The molecule has 6 heteroatoms. The fourth-order valence-corrected chi connectivity index (χ4v) is 3.02. The second kappa shape index (κ2) is 9.33. The first kappa shape index (κ1) is 19.8. The fourth-order valence-electron chi connectivity index (χ4n) is 2.81. The van der Waals surface area contributed by atoms with Crippen molar-refractivity contribution in [2.24, 2.45) is 0 Å². The highest BCUT2D eigenvalue weighted by molar-refractivity contribution is 6.33. The molecule has 1 heterocycles. The maximum atomic E-state index is 12.7. The molecule has 144 valence electrons. The largest absolute Gasteiger partial charge is 0.419 e. The van der Waals surface area contributed by atoms with Gasteiger partial charge in [0.1, 0.15) is 0 Å². The van der Waals surface area contributed by atoms with E-state index in [2.05, 4.69) is 10.2 Å². The number of rotatable bonds is 7. The van der Waals surface area contributed by atoms with Crippen LogP contribution in [0.3, 0.4) is 0 Å². The highest BCUT2D eigenvalue weighted by Gasteiger charge is 2.16. The van der Waals surface area contributed by atoms with E-state index in [1.54, 1.807) is 17.0 Å². The molecule has 3 aromatic rings. The number of halogens is 1. The average Bonchev–Trinajstić information content (AvgIpc) is 3.14. The van der Waals surface area contributed by atoms with Crippen molar-refractivity contribution < 1.29 is 9.21 Å². The van der Waals surface area contributed by atoms with Crippen LogP contribution in [-0.2, 0) is 11.3 Å². The van der Waals surface area contributed by atoms with Gasteiger partial charge in [-0.2, -0.15) is 0 Å². The molecular formula is C22H22ClN3O2. The van der Waals surface area contributed by atoms with Crippen LogP contribution in [0.2, 0.25) is 5.02 Å². The molecule has 0 radical (unpaired) electrons. The first-order chi connectivity index (χ1) is 13.6. The molecule has 0 bridgehead atoms. The summed E-state index contributed by atoms with van der Waals surface area (Å²) in [5, 5.41) is 8.68. The number of nitrogens with zero attached hydrogens (tertiary/aromatic N) is 3. The van der Waals surface area contributed by atoms with Gasteiger partial charge in [0, 0.05) is 12.6 Å². The topological polar surface area (TPSA) is 59.2 Å². The zero-order chi connectivity index (χ0) is 19.9. The number of carbonyl (C=O) groups is 1. The van der Waals surface area contributed by atoms with Crippen molar-refractivity contribution in [2.75, 3.05) is 6.54 Å². The van der Waals surface area contributed by atoms with Gasteiger partial charge >= 0.3 is 0 Å². The molecule has 0 saturated carbocycles. The number of amides is 1. The van der Waals surface area contributed by atoms with Crippen LogP contribution >= 0.6 is 11.6 Å². The summed E-state index contributed by atoms with van der Waals surface area (Å²) in [6.07, 6.45) is 4.23. The molecule has 1 aromatic heterocycles. The highest BCUT2D eigenvalue weighted by Crippen LogP contribution is 2.26. The zero-order valence-electron chi connectivity index (χ0n) is 15.9. The lowest BCUT2D eigenvalue weighted by Crippen LogP contribution is -2.29. The number of benzene rings is 2. The average molecular weight is 396 g/mol. The Labute approximate surface area is 169 Å². The summed E-state index contributed by atoms with van der Waals surface area (Å²) in [5.41, 5.74) is 2.82. The minimum Gasteiger partial charge on any atom is -0.419 e. The van der Waals surface area contributed by atoms with Crippen LogP contribution in [0.1, 0.15) is 30.4 Å². The molecule has 2 aromatic carbocycles. The maximum absolute atomic E-state index is 12.7. The Hall–Kier alpha value is -2.92. The predicted molar refractivity (Wildman–Crippen MR) is 111 cm³/mol. The normalized spacial score (nSPS) is 11.1. The van der Waals surface area contributed by atoms with Crippen LogP contribution in [0, 0.1) is 6.92 Å². The summed E-state index contributed by atoms with van der Waals surface area (Å²) in [6.45, 7) is 4.89. The quantitative estimate of drug-likeness (QED) is 0.519. The van der Waals surface area contributed by atoms with E-state index in [9.17, 15) is 4.79 Å². The number of carbonyl (C=O) groups excluding carboxylic acids is 1. The van der Waals surface area contributed by atoms with Crippen molar-refractivity contribution in [3.05, 3.63) is 76.6 Å². The Morgan fingerprint density at radius 1 is 1.18 bits per heavy atom. The molecule has 0 unspecified atom stereocenters. The minimum atomic E-state index is -0.0964. The summed E-state index contributed by atoms with van der Waals surface area (Å²) in [5.74, 6) is 0.626. The molecule has 0 fully saturated rings. The zero-order valence-corrected chi connectivity index (χ0v) is 16.7. The first-order valence-corrected chi connectivity index (χ1v) is 9.55. The van der Waals surface area contributed by atoms with E-state index in [-0.39, 0.29) is 12.5 Å². The molecule has 0 aliphatic rings. The summed E-state index contributed by atoms with van der Waals surface area (Å²) in [6, 6.07) is 15.3. The monoisotopic (exact) mass is 395 g/mol. The SMILES string of the molecule is CCCN(Cc1nnc(-c2ccccc2Cl)o1)C(=O)/C=C/c1cccc(C)c1. The lowest BCUT2D eigenvalue weighted by molar-refractivity contribution is -0.126. The maximum Gasteiger partial charge on any atom is 0.249 e. The third kappa shape index (κ3) is 5.08. The van der Waals surface area contributed by atoms with E-state index in [1.165, 1.54) is 0 Å². The second-order valence-corrected chi connectivity index (χ2v) is 6.90. The van der Waals surface area contributed by atoms with E-state index in [4.69, 9.17) is 16.0 Å². The number of hydrogen-bond acceptors (Lipinski definition) is 4. The Balaban J connectivity index is 1.72. The lowest BCUT2D eigenvalue weighted by atomic mass is 10.1. The minimum absolute atomic E-state index is 0.0964. The van der Waals surface area contributed by atoms with Crippen LogP contribution in [0.15, 0.2) is 59.0 Å². The van der Waals surface area contributed by atoms with E-state index < -0.39 is 0 Å². The molecule has 0 saturated heterocycles. The first-order valence-electron chi connectivity index (χ1n) is 9.17. The number of aryl methyl sites for hydroxylation is 1. The highest BCUT2D eigenvalue weighted by atomic mass is 35.5. The molecule has 5 nitrogen and oxygen atoms in total. The van der Waals surface area contributed by atoms with Gasteiger partial charge in [0.2, 0.25) is 17.7 Å². The molecule has 28 heavy (non-hydrogen) atoms. The molecular weight excluding hydrogens is 374 g/mol. The third-order valence-corrected chi connectivity index (χ3v) is 4.49. The van der Waals surface area contributed by atoms with E-state index in [0.717, 1.165) is 17.5 Å². The van der Waals surface area contributed by atoms with Crippen molar-refractivity contribution in [3.63, 3.8) is 0 Å². The molecule has 3 rings (SSSR count). The van der Waals surface area contributed by atoms with Crippen LogP contribution in [0.5, 0.6) is 0 Å². The Morgan fingerprint density at radius 3 is 2.75 bits per heavy atom. The van der Waals surface area contributed by atoms with Crippen LogP contribution < -0.4 is 0 Å². The number of hydrogen-bond donors (Lipinski definition) is 0. The molecule has 0 spiro atoms. The lowest BCUT2D eigenvalue weighted by Gasteiger charge is -2.18. The van der Waals surface area contributed by atoms with Crippen LogP contribution in [-0.4, -0.2) is 27.5 Å². The Morgan fingerprint density at radius 2 is 2.00 bits per heavy atom. The van der Waals surface area contributed by atoms with Crippen molar-refractivity contribution in [2.45, 2.75) is 26.8 Å².